The van der Waals surface area contributed by atoms with Crippen molar-refractivity contribution in [3.8, 4) is 0 Å². The summed E-state index contributed by atoms with van der Waals surface area (Å²) >= 11 is 0. The lowest BCUT2D eigenvalue weighted by Crippen LogP contribution is -2.40. The number of halogens is 1. The van der Waals surface area contributed by atoms with Gasteiger partial charge in [-0.1, -0.05) is 19.1 Å². The molecular weight excluding hydrogens is 229 g/mol. The Hall–Kier alpha value is -1.58. The average molecular weight is 249 g/mol. The van der Waals surface area contributed by atoms with Crippen molar-refractivity contribution >= 4 is 5.96 Å². The van der Waals surface area contributed by atoms with Crippen LogP contribution >= 0.6 is 0 Å². The van der Waals surface area contributed by atoms with Crippen LogP contribution in [0.3, 0.4) is 0 Å². The molecule has 0 bridgehead atoms. The zero-order valence-corrected chi connectivity index (χ0v) is 11.2. The fraction of sp³-hybridized carbons (Fsp3) is 0.500. The second-order valence-corrected chi connectivity index (χ2v) is 4.99. The molecular formula is C14H20FN3. The molecule has 0 radical (unpaired) electrons. The number of nitrogens with zero attached hydrogens (tertiary/aromatic N) is 2. The van der Waals surface area contributed by atoms with E-state index >= 15 is 0 Å². The molecule has 2 atom stereocenters. The van der Waals surface area contributed by atoms with Crippen molar-refractivity contribution in [3.63, 3.8) is 0 Å². The highest BCUT2D eigenvalue weighted by Crippen LogP contribution is 2.29. The minimum Gasteiger partial charge on any atom is -0.353 e. The molecule has 1 aliphatic rings. The summed E-state index contributed by atoms with van der Waals surface area (Å²) in [5.74, 6) is 1.44. The van der Waals surface area contributed by atoms with Crippen molar-refractivity contribution in [1.29, 1.82) is 0 Å². The Kier molecular flexibility index (Phi) is 3.84. The second-order valence-electron chi connectivity index (χ2n) is 4.99. The van der Waals surface area contributed by atoms with Crippen molar-refractivity contribution in [3.05, 3.63) is 35.6 Å². The highest BCUT2D eigenvalue weighted by atomic mass is 19.1. The molecule has 1 aliphatic carbocycles. The van der Waals surface area contributed by atoms with Crippen molar-refractivity contribution in [2.45, 2.75) is 25.9 Å². The Morgan fingerprint density at radius 3 is 2.56 bits per heavy atom. The van der Waals surface area contributed by atoms with E-state index in [0.717, 1.165) is 24.0 Å². The lowest BCUT2D eigenvalue weighted by molar-refractivity contribution is 0.474. The largest absolute Gasteiger partial charge is 0.353 e. The Labute approximate surface area is 108 Å². The molecule has 4 heteroatoms. The van der Waals surface area contributed by atoms with Gasteiger partial charge < -0.3 is 10.2 Å². The minimum atomic E-state index is -0.198. The van der Waals surface area contributed by atoms with Gasteiger partial charge in [0.25, 0.3) is 0 Å². The fourth-order valence-electron chi connectivity index (χ4n) is 1.97. The highest BCUT2D eigenvalue weighted by Gasteiger charge is 2.33. The van der Waals surface area contributed by atoms with Crippen LogP contribution in [0.5, 0.6) is 0 Å². The number of benzene rings is 1. The monoisotopic (exact) mass is 249 g/mol. The van der Waals surface area contributed by atoms with E-state index in [-0.39, 0.29) is 5.82 Å². The molecule has 1 N–H and O–H groups in total. The van der Waals surface area contributed by atoms with E-state index in [0.29, 0.717) is 6.04 Å². The quantitative estimate of drug-likeness (QED) is 0.657. The lowest BCUT2D eigenvalue weighted by atomic mass is 10.2. The highest BCUT2D eigenvalue weighted by molar-refractivity contribution is 5.80. The summed E-state index contributed by atoms with van der Waals surface area (Å²) in [6.45, 7) is 2.95. The van der Waals surface area contributed by atoms with Gasteiger partial charge in [-0.05, 0) is 30.0 Å². The Bertz CT molecular complexity index is 427. The third-order valence-electron chi connectivity index (χ3n) is 3.33. The van der Waals surface area contributed by atoms with Crippen molar-refractivity contribution in [2.24, 2.45) is 10.9 Å². The Morgan fingerprint density at radius 1 is 1.44 bits per heavy atom. The normalized spacial score (nSPS) is 22.8. The molecule has 0 amide bonds. The van der Waals surface area contributed by atoms with Gasteiger partial charge in [-0.25, -0.2) is 4.39 Å². The molecule has 1 aromatic carbocycles. The number of rotatable bonds is 3. The fourth-order valence-corrected chi connectivity index (χ4v) is 1.97. The number of aliphatic imine (C=N–C) groups is 1. The zero-order chi connectivity index (χ0) is 13.1. The maximum absolute atomic E-state index is 12.8. The molecule has 1 saturated carbocycles. The summed E-state index contributed by atoms with van der Waals surface area (Å²) in [7, 11) is 3.78. The Morgan fingerprint density at radius 2 is 2.06 bits per heavy atom. The Balaban J connectivity index is 1.93. The van der Waals surface area contributed by atoms with Crippen LogP contribution in [-0.2, 0) is 6.54 Å². The SMILES string of the molecule is CN=C(NC1CC1C)N(C)Cc1ccc(F)cc1. The predicted molar refractivity (Wildman–Crippen MR) is 71.9 cm³/mol. The van der Waals surface area contributed by atoms with Crippen LogP contribution in [0.4, 0.5) is 4.39 Å². The standard InChI is InChI=1S/C14H20FN3/c1-10-8-13(10)17-14(16-2)18(3)9-11-4-6-12(15)7-5-11/h4-7,10,13H,8-9H2,1-3H3,(H,16,17). The molecule has 0 aliphatic heterocycles. The van der Waals surface area contributed by atoms with Crippen LogP contribution in [0, 0.1) is 11.7 Å². The minimum absolute atomic E-state index is 0.198. The molecule has 3 nitrogen and oxygen atoms in total. The maximum atomic E-state index is 12.8. The van der Waals surface area contributed by atoms with Gasteiger partial charge in [0.15, 0.2) is 5.96 Å². The van der Waals surface area contributed by atoms with E-state index in [4.69, 9.17) is 0 Å². The molecule has 2 rings (SSSR count). The van der Waals surface area contributed by atoms with Crippen LogP contribution < -0.4 is 5.32 Å². The third-order valence-corrected chi connectivity index (χ3v) is 3.33. The van der Waals surface area contributed by atoms with Crippen molar-refractivity contribution in [1.82, 2.24) is 10.2 Å². The second kappa shape index (κ2) is 5.38. The number of hydrogen-bond donors (Lipinski definition) is 1. The van der Waals surface area contributed by atoms with E-state index in [9.17, 15) is 4.39 Å². The van der Waals surface area contributed by atoms with Crippen LogP contribution in [0.25, 0.3) is 0 Å². The van der Waals surface area contributed by atoms with Crippen molar-refractivity contribution in [2.75, 3.05) is 14.1 Å². The number of hydrogen-bond acceptors (Lipinski definition) is 1. The smallest absolute Gasteiger partial charge is 0.193 e. The van der Waals surface area contributed by atoms with Crippen LogP contribution in [0.2, 0.25) is 0 Å². The van der Waals surface area contributed by atoms with E-state index in [1.165, 1.54) is 18.6 Å². The van der Waals surface area contributed by atoms with E-state index in [2.05, 4.69) is 22.1 Å². The predicted octanol–water partition coefficient (Wildman–Crippen LogP) is 2.24. The van der Waals surface area contributed by atoms with Gasteiger partial charge in [0, 0.05) is 26.7 Å². The zero-order valence-electron chi connectivity index (χ0n) is 11.2. The van der Waals surface area contributed by atoms with Crippen molar-refractivity contribution < 1.29 is 4.39 Å². The number of nitrogens with one attached hydrogen (secondary N) is 1. The molecule has 0 saturated heterocycles. The number of guanidine groups is 1. The summed E-state index contributed by atoms with van der Waals surface area (Å²) < 4.78 is 12.8. The molecule has 0 spiro atoms. The first kappa shape index (κ1) is 12.9. The van der Waals surface area contributed by atoms with E-state index in [1.54, 1.807) is 19.2 Å². The van der Waals surface area contributed by atoms with Crippen LogP contribution in [0.15, 0.2) is 29.3 Å². The van der Waals surface area contributed by atoms with Gasteiger partial charge in [-0.2, -0.15) is 0 Å². The summed E-state index contributed by atoms with van der Waals surface area (Å²) in [6, 6.07) is 7.14. The maximum Gasteiger partial charge on any atom is 0.193 e. The third kappa shape index (κ3) is 3.22. The molecule has 0 aromatic heterocycles. The van der Waals surface area contributed by atoms with E-state index in [1.807, 2.05) is 7.05 Å². The molecule has 0 heterocycles. The molecule has 1 fully saturated rings. The molecule has 18 heavy (non-hydrogen) atoms. The lowest BCUT2D eigenvalue weighted by Gasteiger charge is -2.22. The van der Waals surface area contributed by atoms with Gasteiger partial charge in [0.1, 0.15) is 5.82 Å². The van der Waals surface area contributed by atoms with E-state index < -0.39 is 0 Å². The van der Waals surface area contributed by atoms with Crippen LogP contribution in [-0.4, -0.2) is 31.0 Å². The summed E-state index contributed by atoms with van der Waals surface area (Å²) in [5.41, 5.74) is 1.07. The summed E-state index contributed by atoms with van der Waals surface area (Å²) in [5, 5.41) is 3.42. The topological polar surface area (TPSA) is 27.6 Å². The first-order chi connectivity index (χ1) is 8.60. The van der Waals surface area contributed by atoms with Gasteiger partial charge in [0.05, 0.1) is 0 Å². The van der Waals surface area contributed by atoms with Crippen LogP contribution in [0.1, 0.15) is 18.9 Å². The average Bonchev–Trinajstić information content (AvgIpc) is 3.05. The first-order valence-corrected chi connectivity index (χ1v) is 6.29. The van der Waals surface area contributed by atoms with Gasteiger partial charge >= 0.3 is 0 Å². The van der Waals surface area contributed by atoms with Gasteiger partial charge in [-0.3, -0.25) is 4.99 Å². The summed E-state index contributed by atoms with van der Waals surface area (Å²) in [6.07, 6.45) is 1.21. The molecule has 1 aromatic rings. The molecule has 2 unspecified atom stereocenters. The van der Waals surface area contributed by atoms with Gasteiger partial charge in [0.2, 0.25) is 0 Å². The first-order valence-electron chi connectivity index (χ1n) is 6.29. The summed E-state index contributed by atoms with van der Waals surface area (Å²) in [4.78, 5) is 6.33. The molecule has 98 valence electrons. The van der Waals surface area contributed by atoms with Gasteiger partial charge in [-0.15, -0.1) is 0 Å².